The van der Waals surface area contributed by atoms with E-state index in [-0.39, 0.29) is 62.2 Å². The highest BCUT2D eigenvalue weighted by Gasteiger charge is 2.40. The molecule has 480 valence electrons. The van der Waals surface area contributed by atoms with Crippen LogP contribution in [-0.2, 0) is 47.9 Å². The van der Waals surface area contributed by atoms with Crippen LogP contribution in [0.5, 0.6) is 0 Å². The maximum Gasteiger partial charge on any atom is 0.407 e. The Labute approximate surface area is 510 Å². The molecule has 0 bridgehead atoms. The SMILES string of the molecule is CC[C@H](C)[C@@H]1NC(=O)[C@@H](CCCNC(=N)N)NC(=O)[C@H](CC(C)C)NC(=O)[C@H]([C@H](O)C(C)C)NC(=O)[C@@H](N)[C@@H](c2ccccc2)NC(=O)C(CO)NC(=O)[C@H](CNC(=O)OCC2c3ccccc3-c3ccccc32)NC(=O)CNC(=O)[C@H]([C@H](C)O)NC1=O. The van der Waals surface area contributed by atoms with Crippen molar-refractivity contribution in [2.45, 2.75) is 147 Å². The van der Waals surface area contributed by atoms with Crippen molar-refractivity contribution in [1.29, 1.82) is 5.41 Å². The van der Waals surface area contributed by atoms with Crippen molar-refractivity contribution in [3.8, 4) is 11.1 Å². The molecule has 1 aliphatic heterocycles. The van der Waals surface area contributed by atoms with Gasteiger partial charge in [-0.2, -0.15) is 0 Å². The highest BCUT2D eigenvalue weighted by molar-refractivity contribution is 5.98. The molecule has 12 atom stereocenters. The van der Waals surface area contributed by atoms with Gasteiger partial charge in [0.2, 0.25) is 53.2 Å². The normalized spacial score (nSPS) is 24.3. The summed E-state index contributed by atoms with van der Waals surface area (Å²) in [5.74, 6) is -11.7. The van der Waals surface area contributed by atoms with Crippen LogP contribution in [0.4, 0.5) is 4.79 Å². The molecule has 3 aromatic rings. The van der Waals surface area contributed by atoms with Gasteiger partial charge in [-0.05, 0) is 71.8 Å². The van der Waals surface area contributed by atoms with E-state index in [4.69, 9.17) is 21.6 Å². The Balaban J connectivity index is 1.52. The number of aliphatic hydroxyl groups excluding tert-OH is 3. The fraction of sp³-hybridized carbons (Fsp3) is 0.517. The summed E-state index contributed by atoms with van der Waals surface area (Å²) in [4.78, 5) is 141. The van der Waals surface area contributed by atoms with Crippen LogP contribution >= 0.6 is 0 Å². The second kappa shape index (κ2) is 33.4. The van der Waals surface area contributed by atoms with Crippen molar-refractivity contribution >= 4 is 65.2 Å². The molecule has 28 nitrogen and oxygen atoms in total. The smallest absolute Gasteiger partial charge is 0.407 e. The van der Waals surface area contributed by atoms with E-state index in [1.54, 1.807) is 59.7 Å². The van der Waals surface area contributed by atoms with Crippen molar-refractivity contribution < 1.29 is 68.0 Å². The summed E-state index contributed by atoms with van der Waals surface area (Å²) < 4.78 is 5.65. The third-order valence-electron chi connectivity index (χ3n) is 15.2. The van der Waals surface area contributed by atoms with Crippen LogP contribution in [-0.4, -0.2) is 174 Å². The minimum absolute atomic E-state index is 0.0430. The lowest BCUT2D eigenvalue weighted by atomic mass is 9.95. The van der Waals surface area contributed by atoms with Gasteiger partial charge >= 0.3 is 6.09 Å². The van der Waals surface area contributed by atoms with Crippen molar-refractivity contribution in [2.24, 2.45) is 29.2 Å². The number of carbonyl (C=O) groups is 10. The number of rotatable bonds is 17. The Hall–Kier alpha value is -8.73. The van der Waals surface area contributed by atoms with Crippen LogP contribution in [0.2, 0.25) is 0 Å². The molecule has 2 aliphatic rings. The Morgan fingerprint density at radius 2 is 1.17 bits per heavy atom. The number of ether oxygens (including phenoxy) is 1. The summed E-state index contributed by atoms with van der Waals surface area (Å²) in [6, 6.07) is 8.22. The lowest BCUT2D eigenvalue weighted by Gasteiger charge is -2.32. The Bertz CT molecular complexity index is 2900. The van der Waals surface area contributed by atoms with Gasteiger partial charge in [-0.1, -0.05) is 127 Å². The first-order valence-electron chi connectivity index (χ1n) is 29.4. The van der Waals surface area contributed by atoms with E-state index in [0.29, 0.717) is 0 Å². The second-order valence-corrected chi connectivity index (χ2v) is 22.8. The predicted molar refractivity (Wildman–Crippen MR) is 323 cm³/mol. The Morgan fingerprint density at radius 3 is 1.75 bits per heavy atom. The molecule has 88 heavy (non-hydrogen) atoms. The minimum atomic E-state index is -1.85. The molecule has 1 unspecified atom stereocenters. The summed E-state index contributed by atoms with van der Waals surface area (Å²) in [5.41, 5.74) is 16.1. The fourth-order valence-electron chi connectivity index (χ4n) is 10.1. The molecule has 1 aliphatic carbocycles. The first-order chi connectivity index (χ1) is 41.8. The molecule has 3 aromatic carbocycles. The summed E-state index contributed by atoms with van der Waals surface area (Å²) in [6.45, 7) is 8.35. The maximum atomic E-state index is 14.5. The van der Waals surface area contributed by atoms with Crippen LogP contribution in [0.1, 0.15) is 103 Å². The van der Waals surface area contributed by atoms with E-state index < -0.39 is 157 Å². The van der Waals surface area contributed by atoms with Crippen LogP contribution in [0, 0.1) is 23.2 Å². The molecule has 1 fully saturated rings. The number of amides is 10. The molecule has 19 N–H and O–H groups in total. The summed E-state index contributed by atoms with van der Waals surface area (Å²) in [7, 11) is 0. The predicted octanol–water partition coefficient (Wildman–Crippen LogP) is -2.02. The lowest BCUT2D eigenvalue weighted by molar-refractivity contribution is -0.138. The molecule has 1 heterocycles. The number of fused-ring (bicyclic) bond motifs is 3. The molecule has 0 aromatic heterocycles. The number of benzene rings is 3. The van der Waals surface area contributed by atoms with E-state index in [2.05, 4.69) is 58.5 Å². The zero-order valence-corrected chi connectivity index (χ0v) is 50.5. The van der Waals surface area contributed by atoms with Crippen LogP contribution in [0.25, 0.3) is 11.1 Å². The highest BCUT2D eigenvalue weighted by Crippen LogP contribution is 2.44. The maximum absolute atomic E-state index is 14.5. The van der Waals surface area contributed by atoms with Gasteiger partial charge in [0.15, 0.2) is 5.96 Å². The summed E-state index contributed by atoms with van der Waals surface area (Å²) in [6.07, 6.45) is -4.03. The average molecular weight is 1230 g/mol. The quantitative estimate of drug-likeness (QED) is 0.0394. The number of hydrogen-bond donors (Lipinski definition) is 17. The van der Waals surface area contributed by atoms with E-state index in [9.17, 15) is 63.3 Å². The third kappa shape index (κ3) is 19.6. The fourth-order valence-corrected chi connectivity index (χ4v) is 10.1. The monoisotopic (exact) mass is 1230 g/mol. The third-order valence-corrected chi connectivity index (χ3v) is 15.2. The van der Waals surface area contributed by atoms with Gasteiger partial charge in [0.25, 0.3) is 0 Å². The number of aliphatic hydroxyl groups is 3. The Morgan fingerprint density at radius 1 is 0.636 bits per heavy atom. The van der Waals surface area contributed by atoms with Crippen LogP contribution in [0.3, 0.4) is 0 Å². The number of guanidine groups is 1. The molecule has 5 rings (SSSR count). The van der Waals surface area contributed by atoms with E-state index in [0.717, 1.165) is 22.3 Å². The van der Waals surface area contributed by atoms with Gasteiger partial charge in [0.05, 0.1) is 37.9 Å². The van der Waals surface area contributed by atoms with E-state index >= 15 is 0 Å². The van der Waals surface area contributed by atoms with Crippen molar-refractivity contribution in [2.75, 3.05) is 32.8 Å². The average Bonchev–Trinajstić information content (AvgIpc) is 2.08. The van der Waals surface area contributed by atoms with E-state index in [1.807, 2.05) is 48.5 Å². The van der Waals surface area contributed by atoms with Gasteiger partial charge in [-0.15, -0.1) is 0 Å². The van der Waals surface area contributed by atoms with Gasteiger partial charge in [0.1, 0.15) is 54.9 Å². The topological polar surface area (TPSA) is 449 Å². The van der Waals surface area contributed by atoms with Gasteiger partial charge in [0, 0.05) is 12.5 Å². The van der Waals surface area contributed by atoms with Gasteiger partial charge < -0.3 is 90.0 Å². The number of alkyl carbamates (subject to hydrolysis) is 1. The summed E-state index contributed by atoms with van der Waals surface area (Å²) in [5, 5.41) is 68.1. The van der Waals surface area contributed by atoms with Crippen LogP contribution < -0.4 is 70.0 Å². The number of hydrogen-bond acceptors (Lipinski definition) is 16. The molecule has 1 saturated heterocycles. The molecule has 0 spiro atoms. The largest absolute Gasteiger partial charge is 0.449 e. The first-order valence-corrected chi connectivity index (χ1v) is 29.4. The van der Waals surface area contributed by atoms with E-state index in [1.165, 1.54) is 19.1 Å². The first kappa shape index (κ1) is 70.0. The lowest BCUT2D eigenvalue weighted by Crippen LogP contribution is -2.63. The summed E-state index contributed by atoms with van der Waals surface area (Å²) >= 11 is 0. The minimum Gasteiger partial charge on any atom is -0.449 e. The number of carbonyl (C=O) groups excluding carboxylic acids is 10. The molecular formula is C60H86N14O14. The molecule has 0 saturated carbocycles. The number of nitrogens with one attached hydrogen (secondary N) is 12. The van der Waals surface area contributed by atoms with Crippen LogP contribution in [0.15, 0.2) is 78.9 Å². The van der Waals surface area contributed by atoms with Gasteiger partial charge in [-0.3, -0.25) is 48.6 Å². The van der Waals surface area contributed by atoms with Crippen molar-refractivity contribution in [1.82, 2.24) is 58.5 Å². The van der Waals surface area contributed by atoms with Crippen molar-refractivity contribution in [3.05, 3.63) is 95.6 Å². The zero-order valence-electron chi connectivity index (χ0n) is 50.5. The van der Waals surface area contributed by atoms with Crippen molar-refractivity contribution in [3.63, 3.8) is 0 Å². The standard InChI is InChI=1S/C60H86N14O14/c1-8-32(6)46-57(85)72-47(33(7)76)56(84)65-27-44(77)67-42(26-66-60(87)88-29-39-37-21-14-12-19-35(37)36-20-13-15-22-38(36)39)53(81)70-43(28-75)54(82)73-48(34-17-10-9-11-18-34)45(61)55(83)74-49(50(78)31(4)5)58(86)69-41(25-30(2)3)52(80)68-40(51(79)71-46)23-16-24-64-59(62)63/h9-15,17-22,30-33,39-43,45-50,75-76,78H,8,16,23-29,61H2,1-7H3,(H,65,84)(H,66,87)(H,67,77)(H,68,80)(H,69,86)(H,70,81)(H,71,79)(H,72,85)(H,73,82)(H,74,83)(H4,62,63,64)/t32-,33-,40+,41-,42-,43?,45-,46-,47-,48+,49-,50+/m0/s1. The molecular weight excluding hydrogens is 1140 g/mol. The highest BCUT2D eigenvalue weighted by atomic mass is 16.5. The molecule has 0 radical (unpaired) electrons. The zero-order chi connectivity index (χ0) is 64.9. The second-order valence-electron chi connectivity index (χ2n) is 22.8. The molecule has 10 amide bonds. The Kier molecular flexibility index (Phi) is 26.6. The number of nitrogens with two attached hydrogens (primary N) is 2. The van der Waals surface area contributed by atoms with Gasteiger partial charge in [-0.25, -0.2) is 4.79 Å². The molecule has 28 heteroatoms.